The molecule has 0 spiro atoms. The fourth-order valence-corrected chi connectivity index (χ4v) is 2.63. The Kier molecular flexibility index (Phi) is 1.90. The Bertz CT molecular complexity index is 582. The molecule has 0 amide bonds. The SMILES string of the molecule is Cc1cc(C)c2c(c1)-c1ccc(F)cc1C2. The maximum absolute atomic E-state index is 13.2. The summed E-state index contributed by atoms with van der Waals surface area (Å²) in [6, 6.07) is 9.50. The van der Waals surface area contributed by atoms with Crippen molar-refractivity contribution in [2.24, 2.45) is 0 Å². The predicted octanol–water partition coefficient (Wildman–Crippen LogP) is 4.01. The summed E-state index contributed by atoms with van der Waals surface area (Å²) in [6.45, 7) is 4.24. The highest BCUT2D eigenvalue weighted by Crippen LogP contribution is 2.38. The zero-order valence-electron chi connectivity index (χ0n) is 9.47. The van der Waals surface area contributed by atoms with Crippen molar-refractivity contribution in [1.29, 1.82) is 0 Å². The third kappa shape index (κ3) is 1.28. The van der Waals surface area contributed by atoms with Crippen molar-refractivity contribution in [1.82, 2.24) is 0 Å². The molecule has 0 unspecified atom stereocenters. The smallest absolute Gasteiger partial charge is 0.123 e. The van der Waals surface area contributed by atoms with Gasteiger partial charge in [-0.05, 0) is 60.2 Å². The maximum atomic E-state index is 13.2. The van der Waals surface area contributed by atoms with E-state index in [1.165, 1.54) is 27.8 Å². The van der Waals surface area contributed by atoms with E-state index in [4.69, 9.17) is 0 Å². The molecule has 0 aliphatic heterocycles. The highest BCUT2D eigenvalue weighted by atomic mass is 19.1. The minimum absolute atomic E-state index is 0.138. The van der Waals surface area contributed by atoms with Gasteiger partial charge in [-0.25, -0.2) is 4.39 Å². The molecule has 0 nitrogen and oxygen atoms in total. The Morgan fingerprint density at radius 3 is 2.62 bits per heavy atom. The summed E-state index contributed by atoms with van der Waals surface area (Å²) in [5, 5.41) is 0. The van der Waals surface area contributed by atoms with Crippen LogP contribution in [0.15, 0.2) is 30.3 Å². The van der Waals surface area contributed by atoms with Crippen LogP contribution in [0.4, 0.5) is 4.39 Å². The van der Waals surface area contributed by atoms with E-state index >= 15 is 0 Å². The van der Waals surface area contributed by atoms with Gasteiger partial charge in [-0.1, -0.05) is 23.8 Å². The molecule has 0 atom stereocenters. The highest BCUT2D eigenvalue weighted by Gasteiger charge is 2.20. The lowest BCUT2D eigenvalue weighted by Gasteiger charge is -2.05. The van der Waals surface area contributed by atoms with E-state index in [-0.39, 0.29) is 5.82 Å². The molecule has 1 aliphatic rings. The van der Waals surface area contributed by atoms with Crippen molar-refractivity contribution >= 4 is 0 Å². The lowest BCUT2D eigenvalue weighted by molar-refractivity contribution is 0.626. The first kappa shape index (κ1) is 9.59. The van der Waals surface area contributed by atoms with Gasteiger partial charge in [-0.2, -0.15) is 0 Å². The summed E-state index contributed by atoms with van der Waals surface area (Å²) in [6.07, 6.45) is 0.870. The van der Waals surface area contributed by atoms with Gasteiger partial charge >= 0.3 is 0 Å². The molecule has 1 heteroatoms. The van der Waals surface area contributed by atoms with E-state index in [1.54, 1.807) is 12.1 Å². The second kappa shape index (κ2) is 3.18. The van der Waals surface area contributed by atoms with Crippen molar-refractivity contribution in [3.63, 3.8) is 0 Å². The van der Waals surface area contributed by atoms with Crippen LogP contribution in [0.25, 0.3) is 11.1 Å². The zero-order chi connectivity index (χ0) is 11.3. The molecule has 2 aromatic carbocycles. The summed E-state index contributed by atoms with van der Waals surface area (Å²) in [7, 11) is 0. The van der Waals surface area contributed by atoms with Crippen molar-refractivity contribution in [2.75, 3.05) is 0 Å². The van der Waals surface area contributed by atoms with Crippen LogP contribution >= 0.6 is 0 Å². The number of aryl methyl sites for hydroxylation is 2. The normalized spacial score (nSPS) is 12.4. The van der Waals surface area contributed by atoms with Crippen molar-refractivity contribution in [3.05, 3.63) is 58.4 Å². The molecule has 0 bridgehead atoms. The Labute approximate surface area is 94.7 Å². The van der Waals surface area contributed by atoms with E-state index in [9.17, 15) is 4.39 Å². The number of fused-ring (bicyclic) bond motifs is 3. The zero-order valence-corrected chi connectivity index (χ0v) is 9.47. The van der Waals surface area contributed by atoms with Crippen LogP contribution in [0.3, 0.4) is 0 Å². The van der Waals surface area contributed by atoms with Gasteiger partial charge < -0.3 is 0 Å². The van der Waals surface area contributed by atoms with E-state index in [0.717, 1.165) is 12.0 Å². The molecule has 0 heterocycles. The maximum Gasteiger partial charge on any atom is 0.123 e. The third-order valence-corrected chi connectivity index (χ3v) is 3.34. The summed E-state index contributed by atoms with van der Waals surface area (Å²) >= 11 is 0. The van der Waals surface area contributed by atoms with Gasteiger partial charge in [0.25, 0.3) is 0 Å². The molecule has 0 fully saturated rings. The van der Waals surface area contributed by atoms with Crippen LogP contribution in [-0.4, -0.2) is 0 Å². The standard InChI is InChI=1S/C15H13F/c1-9-5-10(2)14-8-11-7-12(16)3-4-13(11)15(14)6-9/h3-7H,8H2,1-2H3. The van der Waals surface area contributed by atoms with Gasteiger partial charge in [0, 0.05) is 0 Å². The second-order valence-electron chi connectivity index (χ2n) is 4.59. The third-order valence-electron chi connectivity index (χ3n) is 3.34. The van der Waals surface area contributed by atoms with E-state index in [0.29, 0.717) is 0 Å². The van der Waals surface area contributed by atoms with Crippen LogP contribution in [0.2, 0.25) is 0 Å². The molecular weight excluding hydrogens is 199 g/mol. The minimum Gasteiger partial charge on any atom is -0.207 e. The summed E-state index contributed by atoms with van der Waals surface area (Å²) in [5.41, 5.74) is 7.53. The first-order valence-electron chi connectivity index (χ1n) is 5.54. The monoisotopic (exact) mass is 212 g/mol. The first-order valence-corrected chi connectivity index (χ1v) is 5.54. The van der Waals surface area contributed by atoms with E-state index in [2.05, 4.69) is 26.0 Å². The number of halogens is 1. The predicted molar refractivity (Wildman–Crippen MR) is 64.1 cm³/mol. The highest BCUT2D eigenvalue weighted by molar-refractivity contribution is 5.78. The number of hydrogen-bond acceptors (Lipinski definition) is 0. The molecule has 0 saturated heterocycles. The Morgan fingerprint density at radius 2 is 1.81 bits per heavy atom. The number of hydrogen-bond donors (Lipinski definition) is 0. The molecule has 0 saturated carbocycles. The fourth-order valence-electron chi connectivity index (χ4n) is 2.63. The molecule has 16 heavy (non-hydrogen) atoms. The van der Waals surface area contributed by atoms with E-state index in [1.807, 2.05) is 6.07 Å². The summed E-state index contributed by atoms with van der Waals surface area (Å²) in [4.78, 5) is 0. The Hall–Kier alpha value is -1.63. The largest absolute Gasteiger partial charge is 0.207 e. The van der Waals surface area contributed by atoms with Gasteiger partial charge in [-0.15, -0.1) is 0 Å². The lowest BCUT2D eigenvalue weighted by Crippen LogP contribution is -1.87. The number of rotatable bonds is 0. The molecule has 3 rings (SSSR count). The number of benzene rings is 2. The first-order chi connectivity index (χ1) is 7.65. The second-order valence-corrected chi connectivity index (χ2v) is 4.59. The van der Waals surface area contributed by atoms with Gasteiger partial charge in [-0.3, -0.25) is 0 Å². The van der Waals surface area contributed by atoms with Gasteiger partial charge in [0.2, 0.25) is 0 Å². The Morgan fingerprint density at radius 1 is 1.00 bits per heavy atom. The molecule has 1 aliphatic carbocycles. The van der Waals surface area contributed by atoms with Crippen LogP contribution in [0.1, 0.15) is 22.3 Å². The average Bonchev–Trinajstić information content (AvgIpc) is 2.56. The van der Waals surface area contributed by atoms with Gasteiger partial charge in [0.05, 0.1) is 0 Å². The molecule has 2 aromatic rings. The molecular formula is C15H13F. The van der Waals surface area contributed by atoms with Gasteiger partial charge in [0.15, 0.2) is 0 Å². The molecule has 0 aromatic heterocycles. The summed E-state index contributed by atoms with van der Waals surface area (Å²) < 4.78 is 13.2. The van der Waals surface area contributed by atoms with Crippen LogP contribution in [0, 0.1) is 19.7 Å². The van der Waals surface area contributed by atoms with Crippen molar-refractivity contribution < 1.29 is 4.39 Å². The fraction of sp³-hybridized carbons (Fsp3) is 0.200. The van der Waals surface area contributed by atoms with Crippen LogP contribution in [0.5, 0.6) is 0 Å². The average molecular weight is 212 g/mol. The van der Waals surface area contributed by atoms with Crippen molar-refractivity contribution in [3.8, 4) is 11.1 Å². The minimum atomic E-state index is -0.138. The Balaban J connectivity index is 2.29. The van der Waals surface area contributed by atoms with Crippen molar-refractivity contribution in [2.45, 2.75) is 20.3 Å². The topological polar surface area (TPSA) is 0 Å². The molecule has 80 valence electrons. The summed E-state index contributed by atoms with van der Waals surface area (Å²) in [5.74, 6) is -0.138. The molecule has 0 N–H and O–H groups in total. The quantitative estimate of drug-likeness (QED) is 0.528. The molecule has 0 radical (unpaired) electrons. The van der Waals surface area contributed by atoms with Crippen LogP contribution in [-0.2, 0) is 6.42 Å². The lowest BCUT2D eigenvalue weighted by atomic mass is 9.99. The van der Waals surface area contributed by atoms with Crippen LogP contribution < -0.4 is 0 Å². The van der Waals surface area contributed by atoms with E-state index < -0.39 is 0 Å². The van der Waals surface area contributed by atoms with Gasteiger partial charge in [0.1, 0.15) is 5.82 Å².